The van der Waals surface area contributed by atoms with Crippen LogP contribution < -0.4 is 5.90 Å². The second-order valence-corrected chi connectivity index (χ2v) is 6.96. The zero-order valence-electron chi connectivity index (χ0n) is 17.9. The minimum Gasteiger partial charge on any atom is -0.481 e. The first-order valence-electron chi connectivity index (χ1n) is 9.89. The van der Waals surface area contributed by atoms with Gasteiger partial charge in [0.2, 0.25) is 0 Å². The van der Waals surface area contributed by atoms with Crippen LogP contribution in [0.3, 0.4) is 0 Å². The highest BCUT2D eigenvalue weighted by atomic mass is 31.2. The molecule has 6 N–H and O–H groups in total. The van der Waals surface area contributed by atoms with Crippen LogP contribution in [0.25, 0.3) is 0 Å². The molecule has 0 saturated carbocycles. The Morgan fingerprint density at radius 2 is 1.00 bits per heavy atom. The Balaban J connectivity index is -0.000000152. The van der Waals surface area contributed by atoms with E-state index in [0.717, 1.165) is 0 Å². The highest BCUT2D eigenvalue weighted by Crippen LogP contribution is 2.25. The average Bonchev–Trinajstić information content (AvgIpc) is 2.63. The zero-order chi connectivity index (χ0) is 22.8. The smallest absolute Gasteiger partial charge is 0.466 e. The van der Waals surface area contributed by atoms with Crippen molar-refractivity contribution >= 4 is 19.8 Å². The van der Waals surface area contributed by atoms with Gasteiger partial charge in [0, 0.05) is 12.8 Å². The molecular formula is C18H42NO8P. The summed E-state index contributed by atoms with van der Waals surface area (Å²) in [6.07, 6.45) is 15.0. The first-order chi connectivity index (χ1) is 13.0. The molecule has 0 saturated heterocycles. The Hall–Kier alpha value is -0.990. The Kier molecular flexibility index (Phi) is 34.8. The van der Waals surface area contributed by atoms with E-state index in [1.165, 1.54) is 64.2 Å². The summed E-state index contributed by atoms with van der Waals surface area (Å²) < 4.78 is 8.88. The number of carbonyl (C=O) groups is 2. The van der Waals surface area contributed by atoms with Gasteiger partial charge in [0.1, 0.15) is 0 Å². The van der Waals surface area contributed by atoms with E-state index in [9.17, 15) is 9.59 Å². The van der Waals surface area contributed by atoms with Gasteiger partial charge < -0.3 is 24.6 Å². The average molecular weight is 432 g/mol. The van der Waals surface area contributed by atoms with E-state index in [4.69, 9.17) is 24.4 Å². The summed E-state index contributed by atoms with van der Waals surface area (Å²) in [5.74, 6) is 3.31. The van der Waals surface area contributed by atoms with Gasteiger partial charge in [-0.25, -0.2) is 4.57 Å². The molecule has 10 heteroatoms. The molecule has 0 rings (SSSR count). The molecule has 0 aliphatic carbocycles. The van der Waals surface area contributed by atoms with Crippen LogP contribution in [0.15, 0.2) is 0 Å². The predicted octanol–water partition coefficient (Wildman–Crippen LogP) is 4.29. The van der Waals surface area contributed by atoms with Crippen LogP contribution in [0, 0.1) is 0 Å². The number of carboxylic acid groups (broad SMARTS) is 1. The molecule has 0 heterocycles. The standard InChI is InChI=1S/C12H26.C3H7NO2.C3H6O2.H3O4P/c1-3-5-7-9-11-12-10-8-6-4-2;1-2-3(5)6-4;1-2-3(4)5;1-5(2,3)4/h3-12H2,1-2H3;2,4H2,1H3;2H2,1H3,(H,4,5);(H3,1,2,3,4). The summed E-state index contributed by atoms with van der Waals surface area (Å²) in [5, 5.41) is 7.72. The highest BCUT2D eigenvalue weighted by Gasteiger charge is 2.00. The molecule has 28 heavy (non-hydrogen) atoms. The third-order valence-corrected chi connectivity index (χ3v) is 3.18. The number of nitrogens with two attached hydrogens (primary N) is 1. The first-order valence-corrected chi connectivity index (χ1v) is 11.5. The monoisotopic (exact) mass is 431 g/mol. The Morgan fingerprint density at radius 3 is 1.11 bits per heavy atom. The number of rotatable bonds is 11. The number of hydrogen-bond acceptors (Lipinski definition) is 5. The number of aliphatic carboxylic acids is 1. The maximum atomic E-state index is 9.83. The number of carboxylic acids is 1. The van der Waals surface area contributed by atoms with Crippen LogP contribution >= 0.6 is 7.82 Å². The van der Waals surface area contributed by atoms with E-state index >= 15 is 0 Å². The van der Waals surface area contributed by atoms with E-state index in [1.54, 1.807) is 13.8 Å². The normalized spacial score (nSPS) is 9.57. The van der Waals surface area contributed by atoms with Crippen LogP contribution in [0.5, 0.6) is 0 Å². The van der Waals surface area contributed by atoms with E-state index in [-0.39, 0.29) is 12.4 Å². The van der Waals surface area contributed by atoms with E-state index in [2.05, 4.69) is 24.6 Å². The number of unbranched alkanes of at least 4 members (excludes halogenated alkanes) is 9. The molecule has 0 atom stereocenters. The summed E-state index contributed by atoms with van der Waals surface area (Å²) in [6.45, 7) is 7.83. The van der Waals surface area contributed by atoms with Crippen molar-refractivity contribution in [3.05, 3.63) is 0 Å². The van der Waals surface area contributed by atoms with Crippen LogP contribution in [-0.4, -0.2) is 31.7 Å². The first kappa shape index (κ1) is 34.5. The molecule has 0 aromatic heterocycles. The third kappa shape index (κ3) is 73.5. The molecule has 0 unspecified atom stereocenters. The van der Waals surface area contributed by atoms with Crippen molar-refractivity contribution in [2.75, 3.05) is 0 Å². The third-order valence-electron chi connectivity index (χ3n) is 3.18. The molecule has 0 radical (unpaired) electrons. The van der Waals surface area contributed by atoms with Crippen LogP contribution in [0.1, 0.15) is 105 Å². The predicted molar refractivity (Wildman–Crippen MR) is 110 cm³/mol. The molecule has 0 aromatic carbocycles. The van der Waals surface area contributed by atoms with Crippen LogP contribution in [-0.2, 0) is 19.0 Å². The molecule has 0 aromatic rings. The van der Waals surface area contributed by atoms with Gasteiger partial charge in [0.05, 0.1) is 0 Å². The minimum absolute atomic E-state index is 0.222. The number of phosphoric acid groups is 1. The quantitative estimate of drug-likeness (QED) is 0.182. The lowest BCUT2D eigenvalue weighted by molar-refractivity contribution is -0.143. The van der Waals surface area contributed by atoms with Crippen molar-refractivity contribution in [2.45, 2.75) is 105 Å². The van der Waals surface area contributed by atoms with Gasteiger partial charge in [0.15, 0.2) is 0 Å². The molecule has 9 nitrogen and oxygen atoms in total. The topological polar surface area (TPSA) is 167 Å². The van der Waals surface area contributed by atoms with Crippen molar-refractivity contribution in [3.8, 4) is 0 Å². The molecule has 0 aliphatic heterocycles. The summed E-state index contributed by atoms with van der Waals surface area (Å²) in [6, 6.07) is 0. The molecule has 0 fully saturated rings. The van der Waals surface area contributed by atoms with Crippen molar-refractivity contribution < 1.29 is 38.8 Å². The summed E-state index contributed by atoms with van der Waals surface area (Å²) >= 11 is 0. The van der Waals surface area contributed by atoms with Crippen molar-refractivity contribution in [1.82, 2.24) is 0 Å². The maximum Gasteiger partial charge on any atom is 0.466 e. The largest absolute Gasteiger partial charge is 0.481 e. The van der Waals surface area contributed by atoms with Gasteiger partial charge in [-0.15, -0.1) is 0 Å². The van der Waals surface area contributed by atoms with E-state index in [0.29, 0.717) is 6.42 Å². The SMILES string of the molecule is CCC(=O)O.CCC(=O)ON.CCCCCCCCCCCC.O=P(O)(O)O. The highest BCUT2D eigenvalue weighted by molar-refractivity contribution is 7.45. The second kappa shape index (κ2) is 28.2. The molecule has 0 aliphatic rings. The second-order valence-electron chi connectivity index (χ2n) is 5.93. The van der Waals surface area contributed by atoms with Gasteiger partial charge >= 0.3 is 19.8 Å². The molecular weight excluding hydrogens is 389 g/mol. The fraction of sp³-hybridized carbons (Fsp3) is 0.889. The van der Waals surface area contributed by atoms with Gasteiger partial charge in [-0.2, -0.15) is 5.90 Å². The molecule has 0 bridgehead atoms. The van der Waals surface area contributed by atoms with Gasteiger partial charge in [0.25, 0.3) is 0 Å². The van der Waals surface area contributed by atoms with Crippen LogP contribution in [0.2, 0.25) is 0 Å². The summed E-state index contributed by atoms with van der Waals surface area (Å²) in [4.78, 5) is 44.5. The van der Waals surface area contributed by atoms with Crippen molar-refractivity contribution in [3.63, 3.8) is 0 Å². The Morgan fingerprint density at radius 1 is 0.750 bits per heavy atom. The van der Waals surface area contributed by atoms with Gasteiger partial charge in [-0.3, -0.25) is 9.59 Å². The lowest BCUT2D eigenvalue weighted by Gasteiger charge is -1.99. The Labute approximate surface area is 169 Å². The number of hydrogen-bond donors (Lipinski definition) is 5. The van der Waals surface area contributed by atoms with E-state index < -0.39 is 13.8 Å². The fourth-order valence-corrected chi connectivity index (χ4v) is 1.64. The summed E-state index contributed by atoms with van der Waals surface area (Å²) in [5.41, 5.74) is 0. The van der Waals surface area contributed by atoms with Gasteiger partial charge in [-0.05, 0) is 0 Å². The minimum atomic E-state index is -4.64. The van der Waals surface area contributed by atoms with Crippen LogP contribution in [0.4, 0.5) is 0 Å². The molecule has 0 amide bonds. The zero-order valence-corrected chi connectivity index (χ0v) is 18.8. The van der Waals surface area contributed by atoms with Crippen molar-refractivity contribution in [2.24, 2.45) is 5.90 Å². The summed E-state index contributed by atoms with van der Waals surface area (Å²) in [7, 11) is -4.64. The molecule has 172 valence electrons. The number of carbonyl (C=O) groups excluding carboxylic acids is 1. The lowest BCUT2D eigenvalue weighted by Crippen LogP contribution is -2.07. The fourth-order valence-electron chi connectivity index (χ4n) is 1.64. The van der Waals surface area contributed by atoms with E-state index in [1.807, 2.05) is 0 Å². The Bertz CT molecular complexity index is 350. The molecule has 0 spiro atoms. The maximum absolute atomic E-state index is 9.83. The lowest BCUT2D eigenvalue weighted by atomic mass is 10.1. The van der Waals surface area contributed by atoms with Gasteiger partial charge in [-0.1, -0.05) is 91.9 Å². The van der Waals surface area contributed by atoms with Crippen molar-refractivity contribution in [1.29, 1.82) is 0 Å².